The van der Waals surface area contributed by atoms with E-state index in [-0.39, 0.29) is 5.56 Å². The van der Waals surface area contributed by atoms with Crippen LogP contribution in [0.15, 0.2) is 164 Å². The molecule has 0 unspecified atom stereocenters. The summed E-state index contributed by atoms with van der Waals surface area (Å²) in [4.78, 5) is 15.0. The average molecular weight is 688 g/mol. The molecule has 0 radical (unpaired) electrons. The van der Waals surface area contributed by atoms with Gasteiger partial charge in [-0.25, -0.2) is 23.7 Å². The second kappa shape index (κ2) is 13.1. The first kappa shape index (κ1) is 31.7. The van der Waals surface area contributed by atoms with E-state index in [1.165, 1.54) is 12.1 Å². The van der Waals surface area contributed by atoms with Crippen molar-refractivity contribution in [1.82, 2.24) is 19.5 Å². The Morgan fingerprint density at radius 2 is 1.06 bits per heavy atom. The maximum absolute atomic E-state index is 15.4. The van der Waals surface area contributed by atoms with Crippen molar-refractivity contribution in [2.45, 2.75) is 0 Å². The molecule has 0 spiro atoms. The summed E-state index contributed by atoms with van der Waals surface area (Å²) in [7, 11) is 0. The van der Waals surface area contributed by atoms with Gasteiger partial charge >= 0.3 is 0 Å². The summed E-state index contributed by atoms with van der Waals surface area (Å²) < 4.78 is 31.6. The van der Waals surface area contributed by atoms with Crippen LogP contribution in [-0.2, 0) is 0 Å². The Morgan fingerprint density at radius 3 is 1.77 bits per heavy atom. The molecule has 0 saturated heterocycles. The van der Waals surface area contributed by atoms with Gasteiger partial charge in [0.1, 0.15) is 11.6 Å². The lowest BCUT2D eigenvalue weighted by molar-refractivity contribution is 0.585. The number of nitrogens with zero attached hydrogens (tertiary/aromatic N) is 5. The van der Waals surface area contributed by atoms with Crippen LogP contribution in [0, 0.1) is 23.0 Å². The van der Waals surface area contributed by atoms with Crippen molar-refractivity contribution < 1.29 is 8.78 Å². The Morgan fingerprint density at radius 1 is 0.453 bits per heavy atom. The zero-order chi connectivity index (χ0) is 35.9. The smallest absolute Gasteiger partial charge is 0.166 e. The third-order valence-electron chi connectivity index (χ3n) is 9.42. The quantitative estimate of drug-likeness (QED) is 0.174. The van der Waals surface area contributed by atoms with Crippen molar-refractivity contribution in [3.05, 3.63) is 181 Å². The van der Waals surface area contributed by atoms with Crippen LogP contribution in [0.2, 0.25) is 0 Å². The van der Waals surface area contributed by atoms with Crippen LogP contribution in [0.3, 0.4) is 0 Å². The number of benzene rings is 7. The van der Waals surface area contributed by atoms with Crippen molar-refractivity contribution >= 4 is 21.8 Å². The van der Waals surface area contributed by atoms with Gasteiger partial charge in [0.15, 0.2) is 17.5 Å². The van der Waals surface area contributed by atoms with Gasteiger partial charge in [-0.2, -0.15) is 5.26 Å². The van der Waals surface area contributed by atoms with Crippen LogP contribution in [-0.4, -0.2) is 19.5 Å². The molecule has 0 N–H and O–H groups in total. The molecule has 0 fully saturated rings. The van der Waals surface area contributed by atoms with E-state index in [0.29, 0.717) is 39.9 Å². The summed E-state index contributed by atoms with van der Waals surface area (Å²) >= 11 is 0. The van der Waals surface area contributed by atoms with Crippen molar-refractivity contribution in [3.63, 3.8) is 0 Å². The van der Waals surface area contributed by atoms with Gasteiger partial charge in [0.05, 0.1) is 28.4 Å². The number of fused-ring (bicyclic) bond motifs is 3. The third-order valence-corrected chi connectivity index (χ3v) is 9.42. The minimum atomic E-state index is -0.659. The molecule has 2 heterocycles. The Labute approximate surface area is 303 Å². The fourth-order valence-corrected chi connectivity index (χ4v) is 6.91. The highest BCUT2D eigenvalue weighted by Crippen LogP contribution is 2.40. The molecule has 0 aliphatic rings. The normalized spacial score (nSPS) is 11.2. The van der Waals surface area contributed by atoms with Crippen molar-refractivity contribution in [3.8, 4) is 68.2 Å². The minimum Gasteiger partial charge on any atom is -0.308 e. The summed E-state index contributed by atoms with van der Waals surface area (Å²) in [6.45, 7) is 0. The highest BCUT2D eigenvalue weighted by molar-refractivity contribution is 6.11. The van der Waals surface area contributed by atoms with Crippen molar-refractivity contribution in [2.24, 2.45) is 0 Å². The number of aromatic nitrogens is 4. The first-order chi connectivity index (χ1) is 26.0. The second-order valence-corrected chi connectivity index (χ2v) is 12.7. The van der Waals surface area contributed by atoms with Gasteiger partial charge in [0, 0.05) is 39.1 Å². The Bertz CT molecular complexity index is 2820. The maximum atomic E-state index is 15.4. The summed E-state index contributed by atoms with van der Waals surface area (Å²) in [6.07, 6.45) is 0. The number of hydrogen-bond donors (Lipinski definition) is 0. The molecule has 0 saturated carbocycles. The third kappa shape index (κ3) is 5.78. The van der Waals surface area contributed by atoms with Crippen LogP contribution in [0.5, 0.6) is 0 Å². The molecule has 7 heteroatoms. The van der Waals surface area contributed by atoms with E-state index >= 15 is 4.39 Å². The minimum absolute atomic E-state index is 0.269. The summed E-state index contributed by atoms with van der Waals surface area (Å²) in [6, 6.07) is 53.0. The molecule has 250 valence electrons. The van der Waals surface area contributed by atoms with Crippen molar-refractivity contribution in [1.29, 1.82) is 5.26 Å². The first-order valence-corrected chi connectivity index (χ1v) is 17.0. The standard InChI is InChI=1S/C46H27F2N5/c47-35-20-22-36(40(48)27-35)34-18-21-38(46-51-44(30-11-3-1-4-12-30)50-45(52-46)31-13-5-2-6-14-31)43(26-34)53-41-17-8-7-16-37(41)39-25-33(19-23-42(39)53)32-15-9-10-29(24-32)28-49/h1-27H. The molecule has 53 heavy (non-hydrogen) atoms. The van der Waals surface area contributed by atoms with Crippen LogP contribution < -0.4 is 0 Å². The van der Waals surface area contributed by atoms with Crippen LogP contribution in [0.4, 0.5) is 8.78 Å². The van der Waals surface area contributed by atoms with Crippen LogP contribution in [0.1, 0.15) is 5.56 Å². The molecular weight excluding hydrogens is 661 g/mol. The predicted molar refractivity (Wildman–Crippen MR) is 206 cm³/mol. The zero-order valence-electron chi connectivity index (χ0n) is 28.1. The largest absolute Gasteiger partial charge is 0.308 e. The first-order valence-electron chi connectivity index (χ1n) is 17.0. The molecule has 0 bridgehead atoms. The van der Waals surface area contributed by atoms with E-state index in [2.05, 4.69) is 34.9 Å². The summed E-state index contributed by atoms with van der Waals surface area (Å²) in [5.41, 5.74) is 8.23. The van der Waals surface area contributed by atoms with E-state index < -0.39 is 11.6 Å². The van der Waals surface area contributed by atoms with Crippen LogP contribution in [0.25, 0.3) is 83.9 Å². The fourth-order valence-electron chi connectivity index (χ4n) is 6.91. The van der Waals surface area contributed by atoms with Crippen LogP contribution >= 0.6 is 0 Å². The average Bonchev–Trinajstić information content (AvgIpc) is 3.55. The molecule has 9 aromatic rings. The highest BCUT2D eigenvalue weighted by Gasteiger charge is 2.21. The molecule has 2 aromatic heterocycles. The van der Waals surface area contributed by atoms with Gasteiger partial charge in [-0.3, -0.25) is 0 Å². The van der Waals surface area contributed by atoms with E-state index in [0.717, 1.165) is 50.1 Å². The lowest BCUT2D eigenvalue weighted by Crippen LogP contribution is -2.04. The number of halogens is 2. The van der Waals surface area contributed by atoms with E-state index in [1.54, 1.807) is 6.07 Å². The molecule has 0 aliphatic heterocycles. The van der Waals surface area contributed by atoms with Gasteiger partial charge < -0.3 is 4.57 Å². The lowest BCUT2D eigenvalue weighted by atomic mass is 10.00. The SMILES string of the molecule is N#Cc1cccc(-c2ccc3c(c2)c2ccccc2n3-c2cc(-c3ccc(F)cc3F)ccc2-c2nc(-c3ccccc3)nc(-c3ccccc3)n2)c1. The Kier molecular flexibility index (Phi) is 7.83. The van der Waals surface area contributed by atoms with Crippen molar-refractivity contribution in [2.75, 3.05) is 0 Å². The number of hydrogen-bond acceptors (Lipinski definition) is 4. The number of nitriles is 1. The molecular formula is C46H27F2N5. The molecule has 0 aliphatic carbocycles. The predicted octanol–water partition coefficient (Wildman–Crippen LogP) is 11.5. The maximum Gasteiger partial charge on any atom is 0.166 e. The topological polar surface area (TPSA) is 67.4 Å². The lowest BCUT2D eigenvalue weighted by Gasteiger charge is -2.17. The van der Waals surface area contributed by atoms with Gasteiger partial charge in [0.2, 0.25) is 0 Å². The monoisotopic (exact) mass is 687 g/mol. The van der Waals surface area contributed by atoms with E-state index in [1.807, 2.05) is 115 Å². The van der Waals surface area contributed by atoms with Gasteiger partial charge in [-0.05, 0) is 71.3 Å². The molecule has 7 aromatic carbocycles. The van der Waals surface area contributed by atoms with Gasteiger partial charge in [-0.15, -0.1) is 0 Å². The Balaban J connectivity index is 1.34. The Hall–Kier alpha value is -7.30. The second-order valence-electron chi connectivity index (χ2n) is 12.7. The summed E-state index contributed by atoms with van der Waals surface area (Å²) in [5, 5.41) is 11.6. The number of para-hydroxylation sites is 1. The summed E-state index contributed by atoms with van der Waals surface area (Å²) in [5.74, 6) is 0.164. The molecule has 0 amide bonds. The highest BCUT2D eigenvalue weighted by atomic mass is 19.1. The zero-order valence-corrected chi connectivity index (χ0v) is 28.1. The van der Waals surface area contributed by atoms with Gasteiger partial charge in [-0.1, -0.05) is 103 Å². The van der Waals surface area contributed by atoms with Gasteiger partial charge in [0.25, 0.3) is 0 Å². The molecule has 9 rings (SSSR count). The fraction of sp³-hybridized carbons (Fsp3) is 0. The number of rotatable bonds is 6. The molecule has 5 nitrogen and oxygen atoms in total. The van der Waals surface area contributed by atoms with E-state index in [4.69, 9.17) is 15.0 Å². The molecule has 0 atom stereocenters. The van der Waals surface area contributed by atoms with E-state index in [9.17, 15) is 9.65 Å².